The largest absolute Gasteiger partial charge is 0.379 e. The normalized spacial score (nSPS) is 12.9. The maximum atomic E-state index is 11.9. The summed E-state index contributed by atoms with van der Waals surface area (Å²) in [6.45, 7) is 13.8. The van der Waals surface area contributed by atoms with E-state index in [4.69, 9.17) is 68.2 Å². The highest BCUT2D eigenvalue weighted by molar-refractivity contribution is 8.07. The van der Waals surface area contributed by atoms with E-state index >= 15 is 0 Å². The first-order valence-corrected chi connectivity index (χ1v) is 20.7. The summed E-state index contributed by atoms with van der Waals surface area (Å²) < 4.78 is 64.9. The van der Waals surface area contributed by atoms with Crippen LogP contribution >= 0.6 is 6.72 Å². The van der Waals surface area contributed by atoms with Gasteiger partial charge in [0.1, 0.15) is 0 Å². The van der Waals surface area contributed by atoms with Crippen molar-refractivity contribution in [2.24, 2.45) is 0 Å². The first-order valence-electron chi connectivity index (χ1n) is 18.1. The molecule has 300 valence electrons. The van der Waals surface area contributed by atoms with Crippen molar-refractivity contribution in [2.45, 2.75) is 65.4 Å². The molecule has 0 fully saturated rings. The number of unbranched alkanes of at least 4 members (excludes halogenated alkanes) is 3. The van der Waals surface area contributed by atoms with E-state index in [9.17, 15) is 9.69 Å². The van der Waals surface area contributed by atoms with Crippen LogP contribution in [0.3, 0.4) is 0 Å². The van der Waals surface area contributed by atoms with Gasteiger partial charge in [0.25, 0.3) is 0 Å². The molecule has 1 amide bonds. The molecule has 0 aliphatic heterocycles. The van der Waals surface area contributed by atoms with Crippen LogP contribution < -0.4 is 5.32 Å². The Morgan fingerprint density at radius 1 is 0.540 bits per heavy atom. The van der Waals surface area contributed by atoms with E-state index in [0.29, 0.717) is 145 Å². The van der Waals surface area contributed by atoms with Gasteiger partial charge in [-0.15, -0.1) is 0 Å². The molecule has 0 bridgehead atoms. The van der Waals surface area contributed by atoms with Gasteiger partial charge in [-0.3, -0.25) is 4.79 Å². The summed E-state index contributed by atoms with van der Waals surface area (Å²) in [6, 6.07) is 0. The summed E-state index contributed by atoms with van der Waals surface area (Å²) in [5.74, 6) is -0.0327. The molecule has 0 aromatic carbocycles. The smallest absolute Gasteiger partial charge is 0.324 e. The molecule has 0 saturated heterocycles. The maximum absolute atomic E-state index is 11.9. The fourth-order valence-corrected chi connectivity index (χ4v) is 5.46. The zero-order chi connectivity index (χ0) is 36.6. The van der Waals surface area contributed by atoms with E-state index < -0.39 is 6.72 Å². The van der Waals surface area contributed by atoms with Crippen LogP contribution in [-0.2, 0) is 73.0 Å². The van der Waals surface area contributed by atoms with Gasteiger partial charge in [-0.25, -0.2) is 0 Å². The topological polar surface area (TPSA) is 160 Å². The van der Waals surface area contributed by atoms with E-state index in [2.05, 4.69) is 12.2 Å². The number of amides is 1. The second kappa shape index (κ2) is 39.8. The molecule has 1 unspecified atom stereocenters. The molecule has 0 aliphatic rings. The first-order chi connectivity index (χ1) is 24.4. The van der Waals surface area contributed by atoms with Gasteiger partial charge < -0.3 is 66.6 Å². The van der Waals surface area contributed by atoms with Gasteiger partial charge in [0.2, 0.25) is 5.91 Å². The first kappa shape index (κ1) is 49.6. The van der Waals surface area contributed by atoms with E-state index in [1.54, 1.807) is 13.8 Å². The number of carbonyl (C=O) groups excluding carboxylic acids is 1. The Morgan fingerprint density at radius 3 is 1.24 bits per heavy atom. The van der Waals surface area contributed by atoms with Gasteiger partial charge in [0.15, 0.2) is 0 Å². The lowest BCUT2D eigenvalue weighted by molar-refractivity contribution is -0.122. The van der Waals surface area contributed by atoms with Crippen molar-refractivity contribution in [1.82, 2.24) is 5.32 Å². The molecule has 15 nitrogen and oxygen atoms in total. The number of rotatable bonds is 42. The predicted molar refractivity (Wildman–Crippen MR) is 193 cm³/mol. The quantitative estimate of drug-likeness (QED) is 0.0688. The fourth-order valence-electron chi connectivity index (χ4n) is 3.76. The van der Waals surface area contributed by atoms with Gasteiger partial charge in [-0.1, -0.05) is 19.8 Å². The minimum atomic E-state index is -3.13. The zero-order valence-corrected chi connectivity index (χ0v) is 32.7. The number of hydrogen-bond acceptors (Lipinski definition) is 14. The Labute approximate surface area is 306 Å². The standard InChI is InChI=1S/C33H68NO14PS/c1-4-11-37-14-16-39-18-20-41-22-24-43-26-28-45-30-31-46-29-27-44-25-23-42-21-19-40-17-15-38-13-9-33(35)34-10-7-5-6-8-12-47-49(36,50)48-32(2)3/h32H,4-31H2,1-3H3,(H,34,35)(H,36,50). The van der Waals surface area contributed by atoms with Gasteiger partial charge in [-0.05, 0) is 44.9 Å². The number of hydrogen-bond donors (Lipinski definition) is 2. The lowest BCUT2D eigenvalue weighted by Crippen LogP contribution is -2.25. The second-order valence-electron chi connectivity index (χ2n) is 11.1. The minimum Gasteiger partial charge on any atom is -0.379 e. The Hall–Kier alpha value is -0.400. The molecular weight excluding hydrogens is 697 g/mol. The van der Waals surface area contributed by atoms with Crippen molar-refractivity contribution in [3.63, 3.8) is 0 Å². The molecule has 17 heteroatoms. The molecule has 0 spiro atoms. The molecule has 50 heavy (non-hydrogen) atoms. The van der Waals surface area contributed by atoms with E-state index in [1.165, 1.54) is 0 Å². The van der Waals surface area contributed by atoms with Crippen molar-refractivity contribution < 1.29 is 66.1 Å². The van der Waals surface area contributed by atoms with Crippen molar-refractivity contribution in [2.75, 3.05) is 145 Å². The van der Waals surface area contributed by atoms with Crippen LogP contribution in [-0.4, -0.2) is 162 Å². The monoisotopic (exact) mass is 765 g/mol. The summed E-state index contributed by atoms with van der Waals surface area (Å²) in [5.41, 5.74) is 0. The average molecular weight is 766 g/mol. The third-order valence-electron chi connectivity index (χ3n) is 6.16. The summed E-state index contributed by atoms with van der Waals surface area (Å²) in [4.78, 5) is 21.7. The lowest BCUT2D eigenvalue weighted by Gasteiger charge is -2.17. The highest BCUT2D eigenvalue weighted by atomic mass is 32.5. The van der Waals surface area contributed by atoms with E-state index in [-0.39, 0.29) is 12.0 Å². The van der Waals surface area contributed by atoms with Gasteiger partial charge in [-0.2, -0.15) is 0 Å². The van der Waals surface area contributed by atoms with Crippen molar-refractivity contribution >= 4 is 24.4 Å². The predicted octanol–water partition coefficient (Wildman–Crippen LogP) is 3.29. The van der Waals surface area contributed by atoms with Crippen molar-refractivity contribution in [3.05, 3.63) is 0 Å². The Morgan fingerprint density at radius 2 is 0.880 bits per heavy atom. The molecular formula is C33H68NO14PS. The van der Waals surface area contributed by atoms with Gasteiger partial charge in [0.05, 0.1) is 138 Å². The Balaban J connectivity index is 3.18. The van der Waals surface area contributed by atoms with Crippen LogP contribution in [0.4, 0.5) is 0 Å². The zero-order valence-electron chi connectivity index (χ0n) is 31.0. The molecule has 0 saturated carbocycles. The van der Waals surface area contributed by atoms with Gasteiger partial charge in [0, 0.05) is 19.6 Å². The summed E-state index contributed by atoms with van der Waals surface area (Å²) in [7, 11) is 0. The summed E-state index contributed by atoms with van der Waals surface area (Å²) in [6.07, 6.45) is 4.69. The Bertz CT molecular complexity index is 759. The third kappa shape index (κ3) is 42.0. The molecule has 0 rings (SSSR count). The fraction of sp³-hybridized carbons (Fsp3) is 0.970. The maximum Gasteiger partial charge on any atom is 0.324 e. The van der Waals surface area contributed by atoms with Crippen molar-refractivity contribution in [1.29, 1.82) is 0 Å². The molecule has 1 atom stereocenters. The average Bonchev–Trinajstić information content (AvgIpc) is 3.07. The minimum absolute atomic E-state index is 0.0327. The molecule has 0 aliphatic carbocycles. The SMILES string of the molecule is CCCOCCOCCOCCOCCOCCOCCOCCOCCOCCOCCC(=O)NCCCCCCOP(O)(=S)OC(C)C. The number of nitrogens with one attached hydrogen (secondary N) is 1. The summed E-state index contributed by atoms with van der Waals surface area (Å²) >= 11 is 4.93. The van der Waals surface area contributed by atoms with E-state index in [1.807, 2.05) is 0 Å². The molecule has 0 radical (unpaired) electrons. The molecule has 0 aromatic rings. The van der Waals surface area contributed by atoms with Crippen LogP contribution in [0, 0.1) is 0 Å². The van der Waals surface area contributed by atoms with Crippen LogP contribution in [0.2, 0.25) is 0 Å². The third-order valence-corrected chi connectivity index (χ3v) is 7.93. The van der Waals surface area contributed by atoms with Gasteiger partial charge >= 0.3 is 6.72 Å². The number of carbonyl (C=O) groups is 1. The van der Waals surface area contributed by atoms with Crippen LogP contribution in [0.25, 0.3) is 0 Å². The van der Waals surface area contributed by atoms with Crippen molar-refractivity contribution in [3.8, 4) is 0 Å². The Kier molecular flexibility index (Phi) is 39.5. The highest BCUT2D eigenvalue weighted by Crippen LogP contribution is 2.45. The van der Waals surface area contributed by atoms with Crippen LogP contribution in [0.1, 0.15) is 59.3 Å². The van der Waals surface area contributed by atoms with Crippen LogP contribution in [0.15, 0.2) is 0 Å². The molecule has 0 heterocycles. The highest BCUT2D eigenvalue weighted by Gasteiger charge is 2.16. The number of ether oxygens (including phenoxy) is 10. The van der Waals surface area contributed by atoms with Crippen LogP contribution in [0.5, 0.6) is 0 Å². The molecule has 2 N–H and O–H groups in total. The summed E-state index contributed by atoms with van der Waals surface area (Å²) in [5, 5.41) is 2.89. The lowest BCUT2D eigenvalue weighted by atomic mass is 10.2. The molecule has 0 aromatic heterocycles. The van der Waals surface area contributed by atoms with E-state index in [0.717, 1.165) is 38.7 Å². The second-order valence-corrected chi connectivity index (χ2v) is 13.9.